The van der Waals surface area contributed by atoms with Crippen molar-refractivity contribution in [2.75, 3.05) is 26.2 Å². The molecule has 0 saturated carbocycles. The third kappa shape index (κ3) is 5.92. The van der Waals surface area contributed by atoms with Crippen molar-refractivity contribution >= 4 is 19.3 Å². The molecule has 2 N–H and O–H groups in total. The molecule has 0 bridgehead atoms. The summed E-state index contributed by atoms with van der Waals surface area (Å²) in [6, 6.07) is 6.13. The van der Waals surface area contributed by atoms with E-state index in [1.54, 1.807) is 21.9 Å². The first kappa shape index (κ1) is 20.1. The van der Waals surface area contributed by atoms with E-state index in [0.29, 0.717) is 38.2 Å². The normalized spacial score (nSPS) is 15.3. The van der Waals surface area contributed by atoms with Gasteiger partial charge >= 0.3 is 13.4 Å². The summed E-state index contributed by atoms with van der Waals surface area (Å²) in [4.78, 5) is 28.1. The maximum Gasteiger partial charge on any atom is 0.707 e. The Bertz CT molecular complexity index is 629. The average Bonchev–Trinajstić information content (AvgIpc) is 2.79. The van der Waals surface area contributed by atoms with Crippen LogP contribution in [0.25, 0.3) is 0 Å². The molecule has 2 amide bonds. The van der Waals surface area contributed by atoms with Gasteiger partial charge in [-0.25, -0.2) is 4.79 Å². The largest absolute Gasteiger partial charge is 0.707 e. The lowest BCUT2D eigenvalue weighted by molar-refractivity contribution is 0.0255. The van der Waals surface area contributed by atoms with Crippen molar-refractivity contribution in [2.24, 2.45) is 0 Å². The van der Waals surface area contributed by atoms with Crippen LogP contribution >= 0.6 is 0 Å². The lowest BCUT2D eigenvalue weighted by Gasteiger charge is -2.26. The predicted octanol–water partition coefficient (Wildman–Crippen LogP) is 1.12. The first-order chi connectivity index (χ1) is 12.2. The summed E-state index contributed by atoms with van der Waals surface area (Å²) >= 11 is 0. The van der Waals surface area contributed by atoms with Crippen LogP contribution in [0.2, 0.25) is 0 Å². The van der Waals surface area contributed by atoms with E-state index in [9.17, 15) is 9.59 Å². The van der Waals surface area contributed by atoms with E-state index in [1.165, 1.54) is 12.1 Å². The minimum atomic E-state index is -1.90. The number of nitrogens with zero attached hydrogens (tertiary/aromatic N) is 2. The maximum atomic E-state index is 12.6. The summed E-state index contributed by atoms with van der Waals surface area (Å²) in [7, 11) is -1.90. The molecule has 2 rings (SSSR count). The Morgan fingerprint density at radius 1 is 1.00 bits per heavy atom. The van der Waals surface area contributed by atoms with Crippen LogP contribution in [0.15, 0.2) is 24.3 Å². The van der Waals surface area contributed by atoms with Crippen molar-refractivity contribution < 1.29 is 29.0 Å². The third-order valence-electron chi connectivity index (χ3n) is 3.78. The van der Waals surface area contributed by atoms with Gasteiger partial charge in [0, 0.05) is 31.7 Å². The molecule has 1 heterocycles. The van der Waals surface area contributed by atoms with Crippen molar-refractivity contribution in [1.29, 1.82) is 0 Å². The molecule has 26 heavy (non-hydrogen) atoms. The molecule has 1 aromatic rings. The molecule has 0 aromatic heterocycles. The Labute approximate surface area is 153 Å². The second-order valence-corrected chi connectivity index (χ2v) is 7.08. The van der Waals surface area contributed by atoms with E-state index >= 15 is 0 Å². The fourth-order valence-electron chi connectivity index (χ4n) is 2.61. The summed E-state index contributed by atoms with van der Waals surface area (Å²) in [6.07, 6.45) is 0.305. The Kier molecular flexibility index (Phi) is 6.49. The topological polar surface area (TPSA) is 99.5 Å². The van der Waals surface area contributed by atoms with Crippen molar-refractivity contribution in [1.82, 2.24) is 9.80 Å². The van der Waals surface area contributed by atoms with E-state index in [0.717, 1.165) is 0 Å². The minimum absolute atomic E-state index is 0.146. The molecule has 1 saturated heterocycles. The molecule has 0 spiro atoms. The summed E-state index contributed by atoms with van der Waals surface area (Å²) < 4.78 is 10.1. The maximum absolute atomic E-state index is 12.6. The number of benzene rings is 1. The van der Waals surface area contributed by atoms with Crippen LogP contribution in [0, 0.1) is 0 Å². The molecule has 1 fully saturated rings. The fraction of sp³-hybridized carbons (Fsp3) is 0.529. The molecule has 1 aliphatic rings. The molecule has 0 aliphatic carbocycles. The first-order valence-corrected chi connectivity index (χ1v) is 8.56. The van der Waals surface area contributed by atoms with Crippen LogP contribution in [0.1, 0.15) is 37.6 Å². The van der Waals surface area contributed by atoms with Gasteiger partial charge in [-0.2, -0.15) is 0 Å². The SMILES string of the molecule is CC(C)(C)OC(=O)N1CCCN(C(=O)c2ccc(OB(O)O)cc2)CC1. The van der Waals surface area contributed by atoms with Gasteiger partial charge in [-0.3, -0.25) is 4.79 Å². The number of hydrogen-bond acceptors (Lipinski definition) is 6. The summed E-state index contributed by atoms with van der Waals surface area (Å²) in [5.41, 5.74) is -0.0827. The van der Waals surface area contributed by atoms with Crippen LogP contribution in [-0.4, -0.2) is 70.9 Å². The lowest BCUT2D eigenvalue weighted by atomic mass is 10.1. The molecule has 9 heteroatoms. The Morgan fingerprint density at radius 3 is 2.15 bits per heavy atom. The van der Waals surface area contributed by atoms with Crippen LogP contribution in [-0.2, 0) is 4.74 Å². The lowest BCUT2D eigenvalue weighted by Crippen LogP contribution is -2.40. The number of carbonyl (C=O) groups excluding carboxylic acids is 2. The van der Waals surface area contributed by atoms with E-state index in [1.807, 2.05) is 20.8 Å². The van der Waals surface area contributed by atoms with Gasteiger partial charge in [0.1, 0.15) is 11.4 Å². The van der Waals surface area contributed by atoms with E-state index in [-0.39, 0.29) is 17.7 Å². The van der Waals surface area contributed by atoms with Crippen LogP contribution in [0.3, 0.4) is 0 Å². The standard InChI is InChI=1S/C17H25BN2O6/c1-17(2,3)25-16(22)20-10-4-9-19(11-12-20)15(21)13-5-7-14(8-6-13)26-18(23)24/h5-8,23-24H,4,9-12H2,1-3H3. The van der Waals surface area contributed by atoms with Crippen molar-refractivity contribution in [3.8, 4) is 5.75 Å². The molecule has 1 aliphatic heterocycles. The molecule has 0 unspecified atom stereocenters. The molecule has 8 nitrogen and oxygen atoms in total. The van der Waals surface area contributed by atoms with E-state index < -0.39 is 12.9 Å². The van der Waals surface area contributed by atoms with E-state index in [2.05, 4.69) is 0 Å². The van der Waals surface area contributed by atoms with Crippen molar-refractivity contribution in [3.05, 3.63) is 29.8 Å². The van der Waals surface area contributed by atoms with Gasteiger partial charge in [-0.15, -0.1) is 0 Å². The van der Waals surface area contributed by atoms with E-state index in [4.69, 9.17) is 19.4 Å². The van der Waals surface area contributed by atoms with Gasteiger partial charge in [0.15, 0.2) is 0 Å². The number of ether oxygens (including phenoxy) is 1. The molecule has 0 radical (unpaired) electrons. The summed E-state index contributed by atoms with van der Waals surface area (Å²) in [5.74, 6) is 0.107. The number of amides is 2. The van der Waals surface area contributed by atoms with Crippen LogP contribution in [0.5, 0.6) is 5.75 Å². The molecule has 142 valence electrons. The fourth-order valence-corrected chi connectivity index (χ4v) is 2.61. The predicted molar refractivity (Wildman–Crippen MR) is 95.6 cm³/mol. The summed E-state index contributed by atoms with van der Waals surface area (Å²) in [6.45, 7) is 7.39. The number of rotatable bonds is 3. The van der Waals surface area contributed by atoms with Crippen molar-refractivity contribution in [2.45, 2.75) is 32.8 Å². The van der Waals surface area contributed by atoms with Gasteiger partial charge < -0.3 is 29.2 Å². The monoisotopic (exact) mass is 364 g/mol. The zero-order valence-corrected chi connectivity index (χ0v) is 15.3. The Hall–Kier alpha value is -2.26. The number of hydrogen-bond donors (Lipinski definition) is 2. The van der Waals surface area contributed by atoms with Gasteiger partial charge in [-0.05, 0) is 51.5 Å². The molecular formula is C17H25BN2O6. The quantitative estimate of drug-likeness (QED) is 0.780. The second-order valence-electron chi connectivity index (χ2n) is 7.08. The van der Waals surface area contributed by atoms with Crippen molar-refractivity contribution in [3.63, 3.8) is 0 Å². The zero-order valence-electron chi connectivity index (χ0n) is 15.3. The van der Waals surface area contributed by atoms with Gasteiger partial charge in [0.2, 0.25) is 0 Å². The third-order valence-corrected chi connectivity index (χ3v) is 3.78. The smallest absolute Gasteiger partial charge is 0.512 e. The number of carbonyl (C=O) groups is 2. The van der Waals surface area contributed by atoms with Gasteiger partial charge in [-0.1, -0.05) is 0 Å². The molecule has 0 atom stereocenters. The average molecular weight is 364 g/mol. The highest BCUT2D eigenvalue weighted by molar-refractivity contribution is 6.33. The van der Waals surface area contributed by atoms with Gasteiger partial charge in [0.25, 0.3) is 5.91 Å². The highest BCUT2D eigenvalue weighted by Crippen LogP contribution is 2.16. The summed E-state index contributed by atoms with van der Waals surface area (Å²) in [5, 5.41) is 17.6. The first-order valence-electron chi connectivity index (χ1n) is 8.56. The van der Waals surface area contributed by atoms with Crippen LogP contribution < -0.4 is 4.65 Å². The second kappa shape index (κ2) is 8.42. The highest BCUT2D eigenvalue weighted by atomic mass is 16.6. The highest BCUT2D eigenvalue weighted by Gasteiger charge is 2.26. The minimum Gasteiger partial charge on any atom is -0.512 e. The molecule has 1 aromatic carbocycles. The van der Waals surface area contributed by atoms with Gasteiger partial charge in [0.05, 0.1) is 0 Å². The molecular weight excluding hydrogens is 339 g/mol. The Morgan fingerprint density at radius 2 is 1.58 bits per heavy atom. The van der Waals surface area contributed by atoms with Crippen LogP contribution in [0.4, 0.5) is 4.79 Å². The Balaban J connectivity index is 1.95. The zero-order chi connectivity index (χ0) is 19.3.